The Balaban J connectivity index is 2.14. The molecule has 1 saturated carbocycles. The Labute approximate surface area is 137 Å². The van der Waals surface area contributed by atoms with Crippen molar-refractivity contribution in [3.05, 3.63) is 27.1 Å². The van der Waals surface area contributed by atoms with E-state index < -0.39 is 10.0 Å². The van der Waals surface area contributed by atoms with E-state index in [1.807, 2.05) is 0 Å². The van der Waals surface area contributed by atoms with Crippen molar-refractivity contribution in [3.8, 4) is 0 Å². The maximum absolute atomic E-state index is 12.5. The Morgan fingerprint density at radius 2 is 1.90 bits per heavy atom. The first-order valence-corrected chi connectivity index (χ1v) is 9.93. The molecular weight excluding hydrogens is 406 g/mol. The van der Waals surface area contributed by atoms with Gasteiger partial charge in [0.2, 0.25) is 10.0 Å². The highest BCUT2D eigenvalue weighted by Gasteiger charge is 2.24. The molecule has 6 heteroatoms. The van der Waals surface area contributed by atoms with Crippen molar-refractivity contribution in [2.24, 2.45) is 5.92 Å². The van der Waals surface area contributed by atoms with E-state index in [4.69, 9.17) is 0 Å². The summed E-state index contributed by atoms with van der Waals surface area (Å²) < 4.78 is 29.2. The fraction of sp³-hybridized carbons (Fsp3) is 0.571. The van der Waals surface area contributed by atoms with Crippen LogP contribution in [0, 0.1) is 5.92 Å². The van der Waals surface area contributed by atoms with Gasteiger partial charge < -0.3 is 0 Å². The summed E-state index contributed by atoms with van der Waals surface area (Å²) in [5.41, 5.74) is 0. The van der Waals surface area contributed by atoms with E-state index in [1.165, 1.54) is 6.42 Å². The highest BCUT2D eigenvalue weighted by atomic mass is 79.9. The third-order valence-corrected chi connectivity index (χ3v) is 6.75. The zero-order valence-electron chi connectivity index (χ0n) is 11.4. The lowest BCUT2D eigenvalue weighted by atomic mass is 10.0. The van der Waals surface area contributed by atoms with Crippen molar-refractivity contribution in [3.63, 3.8) is 0 Å². The number of hydrogen-bond donors (Lipinski definition) is 1. The summed E-state index contributed by atoms with van der Waals surface area (Å²) in [6.07, 6.45) is 5.23. The van der Waals surface area contributed by atoms with Gasteiger partial charge in [-0.1, -0.05) is 35.7 Å². The molecule has 0 saturated heterocycles. The Hall–Kier alpha value is 0.0900. The molecule has 20 heavy (non-hydrogen) atoms. The molecule has 0 spiro atoms. The summed E-state index contributed by atoms with van der Waals surface area (Å²) in [7, 11) is -3.46. The minimum Gasteiger partial charge on any atom is -0.208 e. The fourth-order valence-electron chi connectivity index (χ4n) is 2.58. The van der Waals surface area contributed by atoms with E-state index in [1.54, 1.807) is 18.2 Å². The molecule has 1 aliphatic rings. The molecule has 3 nitrogen and oxygen atoms in total. The average molecular weight is 425 g/mol. The Morgan fingerprint density at radius 3 is 2.60 bits per heavy atom. The molecule has 0 heterocycles. The fourth-order valence-corrected chi connectivity index (χ4v) is 5.63. The van der Waals surface area contributed by atoms with E-state index in [0.717, 1.165) is 30.2 Å². The van der Waals surface area contributed by atoms with Crippen LogP contribution in [0.25, 0.3) is 0 Å². The number of hydrogen-bond acceptors (Lipinski definition) is 2. The van der Waals surface area contributed by atoms with Crippen molar-refractivity contribution in [1.29, 1.82) is 0 Å². The van der Waals surface area contributed by atoms with Crippen LogP contribution in [0.5, 0.6) is 0 Å². The zero-order chi connectivity index (χ0) is 14.8. The van der Waals surface area contributed by atoms with Crippen molar-refractivity contribution in [2.75, 3.05) is 0 Å². The number of halogens is 2. The molecule has 2 rings (SSSR count). The summed E-state index contributed by atoms with van der Waals surface area (Å²) >= 11 is 6.66. The molecule has 0 amide bonds. The maximum atomic E-state index is 12.5. The summed E-state index contributed by atoms with van der Waals surface area (Å²) in [5.74, 6) is 0.698. The number of sulfonamides is 1. The van der Waals surface area contributed by atoms with Crippen LogP contribution in [0.1, 0.15) is 39.0 Å². The van der Waals surface area contributed by atoms with Gasteiger partial charge in [-0.3, -0.25) is 0 Å². The summed E-state index contributed by atoms with van der Waals surface area (Å²) in [5, 5.41) is 0. The van der Waals surface area contributed by atoms with Crippen molar-refractivity contribution < 1.29 is 8.42 Å². The number of rotatable bonds is 3. The van der Waals surface area contributed by atoms with Crippen LogP contribution in [-0.4, -0.2) is 14.5 Å². The third kappa shape index (κ3) is 4.29. The first-order chi connectivity index (χ1) is 9.38. The van der Waals surface area contributed by atoms with Gasteiger partial charge in [-0.15, -0.1) is 0 Å². The van der Waals surface area contributed by atoms with Gasteiger partial charge in [0.1, 0.15) is 0 Å². The maximum Gasteiger partial charge on any atom is 0.241 e. The average Bonchev–Trinajstić information content (AvgIpc) is 2.53. The van der Waals surface area contributed by atoms with Crippen molar-refractivity contribution in [1.82, 2.24) is 4.72 Å². The van der Waals surface area contributed by atoms with E-state index in [2.05, 4.69) is 43.5 Å². The van der Waals surface area contributed by atoms with Crippen LogP contribution in [0.3, 0.4) is 0 Å². The van der Waals surface area contributed by atoms with Gasteiger partial charge >= 0.3 is 0 Å². The molecule has 1 aromatic rings. The molecule has 1 N–H and O–H groups in total. The van der Waals surface area contributed by atoms with Crippen LogP contribution in [0.4, 0.5) is 0 Å². The van der Waals surface area contributed by atoms with Gasteiger partial charge in [0.25, 0.3) is 0 Å². The van der Waals surface area contributed by atoms with Gasteiger partial charge in [-0.05, 0) is 59.3 Å². The van der Waals surface area contributed by atoms with Crippen LogP contribution < -0.4 is 4.72 Å². The van der Waals surface area contributed by atoms with Gasteiger partial charge in [-0.2, -0.15) is 0 Å². The predicted molar refractivity (Wildman–Crippen MR) is 88.2 cm³/mol. The first-order valence-electron chi connectivity index (χ1n) is 6.86. The number of benzene rings is 1. The minimum absolute atomic E-state index is 0.0560. The predicted octanol–water partition coefficient (Wildman–Crippen LogP) is 4.46. The molecule has 2 unspecified atom stereocenters. The highest BCUT2D eigenvalue weighted by molar-refractivity contribution is 9.11. The Morgan fingerprint density at radius 1 is 1.15 bits per heavy atom. The topological polar surface area (TPSA) is 46.2 Å². The van der Waals surface area contributed by atoms with Crippen LogP contribution in [0.15, 0.2) is 32.0 Å². The SMILES string of the molecule is CC1CCCC(NS(=O)(=O)c2ccc(Br)cc2Br)CC1. The lowest BCUT2D eigenvalue weighted by molar-refractivity contribution is 0.484. The van der Waals surface area contributed by atoms with E-state index in [9.17, 15) is 8.42 Å². The second-order valence-electron chi connectivity index (χ2n) is 5.51. The Kier molecular flexibility index (Phi) is 5.68. The Bertz CT molecular complexity index is 575. The molecule has 112 valence electrons. The molecule has 1 aromatic carbocycles. The zero-order valence-corrected chi connectivity index (χ0v) is 15.4. The van der Waals surface area contributed by atoms with Crippen LogP contribution in [0.2, 0.25) is 0 Å². The third-order valence-electron chi connectivity index (χ3n) is 3.76. The largest absolute Gasteiger partial charge is 0.241 e. The molecular formula is C14H19Br2NO2S. The second-order valence-corrected chi connectivity index (χ2v) is 8.96. The minimum atomic E-state index is -3.46. The van der Waals surface area contributed by atoms with E-state index in [0.29, 0.717) is 15.3 Å². The monoisotopic (exact) mass is 423 g/mol. The van der Waals surface area contributed by atoms with E-state index >= 15 is 0 Å². The molecule has 0 aromatic heterocycles. The summed E-state index contributed by atoms with van der Waals surface area (Å²) in [6.45, 7) is 2.24. The normalized spacial score (nSPS) is 24.4. The second kappa shape index (κ2) is 6.90. The molecule has 1 fully saturated rings. The van der Waals surface area contributed by atoms with Crippen LogP contribution >= 0.6 is 31.9 Å². The van der Waals surface area contributed by atoms with Crippen molar-refractivity contribution in [2.45, 2.75) is 50.0 Å². The quantitative estimate of drug-likeness (QED) is 0.728. The lowest BCUT2D eigenvalue weighted by Gasteiger charge is -2.17. The van der Waals surface area contributed by atoms with Crippen molar-refractivity contribution >= 4 is 41.9 Å². The summed E-state index contributed by atoms with van der Waals surface area (Å²) in [6, 6.07) is 5.18. The summed E-state index contributed by atoms with van der Waals surface area (Å²) in [4.78, 5) is 0.304. The first kappa shape index (κ1) is 16.5. The highest BCUT2D eigenvalue weighted by Crippen LogP contribution is 2.28. The van der Waals surface area contributed by atoms with Crippen LogP contribution in [-0.2, 0) is 10.0 Å². The lowest BCUT2D eigenvalue weighted by Crippen LogP contribution is -2.34. The van der Waals surface area contributed by atoms with Gasteiger partial charge in [0.05, 0.1) is 4.90 Å². The van der Waals surface area contributed by atoms with E-state index in [-0.39, 0.29) is 6.04 Å². The van der Waals surface area contributed by atoms with Gasteiger partial charge in [0, 0.05) is 15.0 Å². The molecule has 1 aliphatic carbocycles. The molecule has 2 atom stereocenters. The standard InChI is InChI=1S/C14H19Br2NO2S/c1-10-3-2-4-12(7-5-10)17-20(18,19)14-8-6-11(15)9-13(14)16/h6,8-10,12,17H,2-5,7H2,1H3. The smallest absolute Gasteiger partial charge is 0.208 e. The molecule has 0 bridgehead atoms. The van der Waals surface area contributed by atoms with Gasteiger partial charge in [0.15, 0.2) is 0 Å². The molecule has 0 aliphatic heterocycles. The number of nitrogens with one attached hydrogen (secondary N) is 1. The van der Waals surface area contributed by atoms with Gasteiger partial charge in [-0.25, -0.2) is 13.1 Å². The molecule has 0 radical (unpaired) electrons.